The standard InChI is InChI=1S/C22H20N2O5/c1-4-24-17(21(25)23-16-10-9-13(27-2)11-19(16)28-3)12-15-20(24)14-7-5-6-8-18(14)29-22(15)26/h5-12H,4H2,1-3H3,(H,23,25). The van der Waals surface area contributed by atoms with Gasteiger partial charge in [-0.25, -0.2) is 4.79 Å². The van der Waals surface area contributed by atoms with Crippen molar-refractivity contribution in [2.45, 2.75) is 13.5 Å². The van der Waals surface area contributed by atoms with Crippen molar-refractivity contribution in [1.82, 2.24) is 4.57 Å². The zero-order valence-electron chi connectivity index (χ0n) is 16.3. The normalized spacial score (nSPS) is 11.0. The number of aryl methyl sites for hydroxylation is 1. The molecule has 0 aliphatic carbocycles. The average Bonchev–Trinajstić information content (AvgIpc) is 3.15. The average molecular weight is 392 g/mol. The summed E-state index contributed by atoms with van der Waals surface area (Å²) >= 11 is 0. The first kappa shape index (κ1) is 18.6. The van der Waals surface area contributed by atoms with Gasteiger partial charge in [0, 0.05) is 18.0 Å². The Morgan fingerprint density at radius 3 is 2.59 bits per heavy atom. The van der Waals surface area contributed by atoms with Gasteiger partial charge in [0.2, 0.25) is 0 Å². The van der Waals surface area contributed by atoms with Gasteiger partial charge in [0.1, 0.15) is 22.8 Å². The van der Waals surface area contributed by atoms with E-state index in [2.05, 4.69) is 5.32 Å². The Morgan fingerprint density at radius 1 is 1.07 bits per heavy atom. The van der Waals surface area contributed by atoms with Gasteiger partial charge >= 0.3 is 5.63 Å². The van der Waals surface area contributed by atoms with Crippen LogP contribution in [0.3, 0.4) is 0 Å². The minimum absolute atomic E-state index is 0.352. The van der Waals surface area contributed by atoms with Gasteiger partial charge in [-0.15, -0.1) is 0 Å². The number of aromatic nitrogens is 1. The lowest BCUT2D eigenvalue weighted by Crippen LogP contribution is -2.17. The Hall–Kier alpha value is -3.74. The van der Waals surface area contributed by atoms with Crippen molar-refractivity contribution in [3.8, 4) is 11.5 Å². The number of carbonyl (C=O) groups is 1. The summed E-state index contributed by atoms with van der Waals surface area (Å²) in [6.45, 7) is 2.44. The van der Waals surface area contributed by atoms with Crippen LogP contribution in [0.4, 0.5) is 5.69 Å². The van der Waals surface area contributed by atoms with Crippen LogP contribution in [-0.2, 0) is 6.54 Å². The maximum atomic E-state index is 13.1. The van der Waals surface area contributed by atoms with Gasteiger partial charge in [0.15, 0.2) is 0 Å². The minimum atomic E-state index is -0.470. The lowest BCUT2D eigenvalue weighted by Gasteiger charge is -2.13. The van der Waals surface area contributed by atoms with E-state index in [1.54, 1.807) is 43.5 Å². The Balaban J connectivity index is 1.84. The van der Waals surface area contributed by atoms with Crippen LogP contribution in [0.5, 0.6) is 11.5 Å². The second-order valence-corrected chi connectivity index (χ2v) is 6.44. The third-order valence-corrected chi connectivity index (χ3v) is 4.87. The molecule has 1 N–H and O–H groups in total. The molecule has 0 bridgehead atoms. The minimum Gasteiger partial charge on any atom is -0.497 e. The number of para-hydroxylation sites is 1. The van der Waals surface area contributed by atoms with Gasteiger partial charge in [-0.3, -0.25) is 4.79 Å². The molecule has 148 valence electrons. The number of hydrogen-bond acceptors (Lipinski definition) is 5. The first-order chi connectivity index (χ1) is 14.1. The van der Waals surface area contributed by atoms with Gasteiger partial charge < -0.3 is 23.8 Å². The van der Waals surface area contributed by atoms with Gasteiger partial charge in [-0.2, -0.15) is 0 Å². The van der Waals surface area contributed by atoms with Crippen molar-refractivity contribution in [3.05, 3.63) is 64.6 Å². The summed E-state index contributed by atoms with van der Waals surface area (Å²) in [7, 11) is 3.08. The molecule has 0 spiro atoms. The number of benzene rings is 2. The van der Waals surface area contributed by atoms with E-state index < -0.39 is 5.63 Å². The van der Waals surface area contributed by atoms with E-state index >= 15 is 0 Å². The Kier molecular flexibility index (Phi) is 4.72. The van der Waals surface area contributed by atoms with Crippen LogP contribution in [0, 0.1) is 0 Å². The van der Waals surface area contributed by atoms with E-state index in [4.69, 9.17) is 13.9 Å². The second-order valence-electron chi connectivity index (χ2n) is 6.44. The lowest BCUT2D eigenvalue weighted by atomic mass is 10.2. The van der Waals surface area contributed by atoms with Crippen molar-refractivity contribution in [3.63, 3.8) is 0 Å². The SMILES string of the molecule is CCn1c(C(=O)Nc2ccc(OC)cc2OC)cc2c(=O)oc3ccccc3c21. The molecule has 0 saturated heterocycles. The fourth-order valence-electron chi connectivity index (χ4n) is 3.51. The number of nitrogens with zero attached hydrogens (tertiary/aromatic N) is 1. The molecule has 7 heteroatoms. The highest BCUT2D eigenvalue weighted by Crippen LogP contribution is 2.31. The molecule has 0 unspecified atom stereocenters. The molecule has 4 aromatic rings. The summed E-state index contributed by atoms with van der Waals surface area (Å²) in [4.78, 5) is 25.6. The smallest absolute Gasteiger partial charge is 0.345 e. The first-order valence-electron chi connectivity index (χ1n) is 9.15. The third kappa shape index (κ3) is 3.10. The molecule has 2 aromatic carbocycles. The number of rotatable bonds is 5. The number of ether oxygens (including phenoxy) is 2. The highest BCUT2D eigenvalue weighted by Gasteiger charge is 2.20. The summed E-state index contributed by atoms with van der Waals surface area (Å²) < 4.78 is 17.8. The van der Waals surface area contributed by atoms with Crippen molar-refractivity contribution < 1.29 is 18.7 Å². The highest BCUT2D eigenvalue weighted by atomic mass is 16.5. The number of carbonyl (C=O) groups excluding carboxylic acids is 1. The maximum Gasteiger partial charge on any atom is 0.345 e. The molecule has 2 heterocycles. The second kappa shape index (κ2) is 7.35. The van der Waals surface area contributed by atoms with Crippen LogP contribution < -0.4 is 20.4 Å². The predicted octanol–water partition coefficient (Wildman–Crippen LogP) is 4.04. The highest BCUT2D eigenvalue weighted by molar-refractivity contribution is 6.11. The van der Waals surface area contributed by atoms with Crippen LogP contribution >= 0.6 is 0 Å². The van der Waals surface area contributed by atoms with E-state index in [9.17, 15) is 9.59 Å². The Bertz CT molecular complexity index is 1290. The molecular formula is C22H20N2O5. The third-order valence-electron chi connectivity index (χ3n) is 4.87. The monoisotopic (exact) mass is 392 g/mol. The van der Waals surface area contributed by atoms with E-state index in [0.717, 1.165) is 5.39 Å². The molecular weight excluding hydrogens is 372 g/mol. The Morgan fingerprint density at radius 2 is 1.86 bits per heavy atom. The topological polar surface area (TPSA) is 82.7 Å². The predicted molar refractivity (Wildman–Crippen MR) is 111 cm³/mol. The fourth-order valence-corrected chi connectivity index (χ4v) is 3.51. The van der Waals surface area contributed by atoms with Crippen LogP contribution in [-0.4, -0.2) is 24.7 Å². The number of methoxy groups -OCH3 is 2. The number of hydrogen-bond donors (Lipinski definition) is 1. The largest absolute Gasteiger partial charge is 0.497 e. The molecule has 1 amide bonds. The molecule has 0 aliphatic rings. The maximum absolute atomic E-state index is 13.1. The fraction of sp³-hybridized carbons (Fsp3) is 0.182. The van der Waals surface area contributed by atoms with Gasteiger partial charge in [0.05, 0.1) is 30.8 Å². The molecule has 4 rings (SSSR count). The summed E-state index contributed by atoms with van der Waals surface area (Å²) in [5.41, 5.74) is 1.57. The van der Waals surface area contributed by atoms with Crippen LogP contribution in [0.2, 0.25) is 0 Å². The van der Waals surface area contributed by atoms with E-state index in [1.807, 2.05) is 23.6 Å². The molecule has 0 fully saturated rings. The molecule has 29 heavy (non-hydrogen) atoms. The molecule has 2 aromatic heterocycles. The summed E-state index contributed by atoms with van der Waals surface area (Å²) in [6, 6.07) is 14.0. The van der Waals surface area contributed by atoms with Crippen LogP contribution in [0.15, 0.2) is 57.7 Å². The van der Waals surface area contributed by atoms with Crippen LogP contribution in [0.25, 0.3) is 21.9 Å². The van der Waals surface area contributed by atoms with E-state index in [1.165, 1.54) is 7.11 Å². The van der Waals surface area contributed by atoms with Crippen molar-refractivity contribution >= 4 is 33.5 Å². The quantitative estimate of drug-likeness (QED) is 0.519. The van der Waals surface area contributed by atoms with E-state index in [-0.39, 0.29) is 5.91 Å². The lowest BCUT2D eigenvalue weighted by molar-refractivity contribution is 0.101. The molecule has 7 nitrogen and oxygen atoms in total. The molecule has 0 radical (unpaired) electrons. The van der Waals surface area contributed by atoms with Gasteiger partial charge in [0.25, 0.3) is 5.91 Å². The summed E-state index contributed by atoms with van der Waals surface area (Å²) in [6.07, 6.45) is 0. The molecule has 0 atom stereocenters. The number of anilines is 1. The number of nitrogens with one attached hydrogen (secondary N) is 1. The first-order valence-corrected chi connectivity index (χ1v) is 9.15. The zero-order valence-corrected chi connectivity index (χ0v) is 16.3. The van der Waals surface area contributed by atoms with Gasteiger partial charge in [-0.05, 0) is 37.3 Å². The van der Waals surface area contributed by atoms with E-state index in [0.29, 0.717) is 45.9 Å². The summed E-state index contributed by atoms with van der Waals surface area (Å²) in [5, 5.41) is 4.01. The van der Waals surface area contributed by atoms with Crippen molar-refractivity contribution in [2.24, 2.45) is 0 Å². The van der Waals surface area contributed by atoms with Crippen LogP contribution in [0.1, 0.15) is 17.4 Å². The summed E-state index contributed by atoms with van der Waals surface area (Å²) in [5.74, 6) is 0.739. The van der Waals surface area contributed by atoms with Crippen molar-refractivity contribution in [1.29, 1.82) is 0 Å². The van der Waals surface area contributed by atoms with Gasteiger partial charge in [-0.1, -0.05) is 12.1 Å². The Labute approximate surface area is 166 Å². The zero-order chi connectivity index (χ0) is 20.5. The number of fused-ring (bicyclic) bond motifs is 3. The number of amides is 1. The molecule has 0 aliphatic heterocycles. The molecule has 0 saturated carbocycles. The van der Waals surface area contributed by atoms with Crippen molar-refractivity contribution in [2.75, 3.05) is 19.5 Å².